The molecule has 0 N–H and O–H groups in total. The van der Waals surface area contributed by atoms with Crippen molar-refractivity contribution in [3.05, 3.63) is 0 Å². The Labute approximate surface area is 96.8 Å². The molecule has 1 fully saturated rings. The minimum Gasteiger partial charge on any atom is -0.0654 e. The summed E-state index contributed by atoms with van der Waals surface area (Å²) in [4.78, 5) is 0. The summed E-state index contributed by atoms with van der Waals surface area (Å²) in [7, 11) is 0. The average Bonchev–Trinajstić information content (AvgIpc) is 2.20. The molecule has 3 unspecified atom stereocenters. The van der Waals surface area contributed by atoms with Crippen LogP contribution in [0, 0.1) is 17.8 Å². The molecule has 0 nitrogen and oxygen atoms in total. The minimum atomic E-state index is 0.970. The molecule has 0 heteroatoms. The number of rotatable bonds is 4. The molecule has 1 rings (SSSR count). The Kier molecular flexibility index (Phi) is 6.36. The molecule has 15 heavy (non-hydrogen) atoms. The van der Waals surface area contributed by atoms with Gasteiger partial charge in [0, 0.05) is 0 Å². The van der Waals surface area contributed by atoms with Gasteiger partial charge in [0.1, 0.15) is 0 Å². The Morgan fingerprint density at radius 2 is 1.73 bits per heavy atom. The topological polar surface area (TPSA) is 0 Å². The third kappa shape index (κ3) is 4.57. The summed E-state index contributed by atoms with van der Waals surface area (Å²) in [5, 5.41) is 0. The van der Waals surface area contributed by atoms with Crippen LogP contribution in [0.25, 0.3) is 0 Å². The molecule has 3 atom stereocenters. The van der Waals surface area contributed by atoms with Crippen LogP contribution in [0.15, 0.2) is 0 Å². The van der Waals surface area contributed by atoms with E-state index < -0.39 is 0 Å². The molecular formula is C15H30. The van der Waals surface area contributed by atoms with E-state index in [1.807, 2.05) is 0 Å². The van der Waals surface area contributed by atoms with Crippen molar-refractivity contribution in [2.45, 2.75) is 78.6 Å². The molecular weight excluding hydrogens is 180 g/mol. The van der Waals surface area contributed by atoms with Crippen LogP contribution in [0.4, 0.5) is 0 Å². The highest BCUT2D eigenvalue weighted by atomic mass is 14.3. The third-order valence-electron chi connectivity index (χ3n) is 4.42. The van der Waals surface area contributed by atoms with Crippen LogP contribution in [0.1, 0.15) is 78.6 Å². The predicted octanol–water partition coefficient (Wildman–Crippen LogP) is 5.42. The van der Waals surface area contributed by atoms with Gasteiger partial charge in [0.25, 0.3) is 0 Å². The van der Waals surface area contributed by atoms with Gasteiger partial charge < -0.3 is 0 Å². The lowest BCUT2D eigenvalue weighted by Gasteiger charge is -2.31. The molecule has 0 radical (unpaired) electrons. The highest BCUT2D eigenvalue weighted by molar-refractivity contribution is 4.74. The average molecular weight is 210 g/mol. The summed E-state index contributed by atoms with van der Waals surface area (Å²) in [6, 6.07) is 0. The van der Waals surface area contributed by atoms with Gasteiger partial charge in [0.2, 0.25) is 0 Å². The van der Waals surface area contributed by atoms with Crippen molar-refractivity contribution < 1.29 is 0 Å². The highest BCUT2D eigenvalue weighted by Crippen LogP contribution is 2.34. The second-order valence-corrected chi connectivity index (χ2v) is 5.75. The van der Waals surface area contributed by atoms with Crippen LogP contribution in [-0.4, -0.2) is 0 Å². The summed E-state index contributed by atoms with van der Waals surface area (Å²) < 4.78 is 0. The maximum atomic E-state index is 2.50. The first-order valence-electron chi connectivity index (χ1n) is 7.25. The first-order valence-corrected chi connectivity index (χ1v) is 7.25. The molecule has 0 saturated heterocycles. The molecule has 1 aliphatic carbocycles. The van der Waals surface area contributed by atoms with Gasteiger partial charge in [-0.15, -0.1) is 0 Å². The van der Waals surface area contributed by atoms with Gasteiger partial charge >= 0.3 is 0 Å². The fourth-order valence-corrected chi connectivity index (χ4v) is 3.28. The maximum Gasteiger partial charge on any atom is -0.0363 e. The molecule has 0 aromatic heterocycles. The highest BCUT2D eigenvalue weighted by Gasteiger charge is 2.23. The van der Waals surface area contributed by atoms with Crippen molar-refractivity contribution >= 4 is 0 Å². The fourth-order valence-electron chi connectivity index (χ4n) is 3.28. The van der Waals surface area contributed by atoms with Gasteiger partial charge in [-0.25, -0.2) is 0 Å². The van der Waals surface area contributed by atoms with Crippen molar-refractivity contribution in [1.82, 2.24) is 0 Å². The van der Waals surface area contributed by atoms with Gasteiger partial charge in [-0.2, -0.15) is 0 Å². The Hall–Kier alpha value is 0. The lowest BCUT2D eigenvalue weighted by Crippen LogP contribution is -2.21. The van der Waals surface area contributed by atoms with E-state index in [2.05, 4.69) is 20.8 Å². The monoisotopic (exact) mass is 210 g/mol. The lowest BCUT2D eigenvalue weighted by atomic mass is 9.74. The molecule has 1 aliphatic rings. The van der Waals surface area contributed by atoms with Crippen LogP contribution in [0.5, 0.6) is 0 Å². The Morgan fingerprint density at radius 1 is 1.07 bits per heavy atom. The summed E-state index contributed by atoms with van der Waals surface area (Å²) in [6.07, 6.45) is 13.2. The molecule has 0 aromatic carbocycles. The lowest BCUT2D eigenvalue weighted by molar-refractivity contribution is 0.194. The van der Waals surface area contributed by atoms with E-state index >= 15 is 0 Å². The molecule has 0 heterocycles. The Balaban J connectivity index is 2.39. The van der Waals surface area contributed by atoms with Crippen molar-refractivity contribution in [2.24, 2.45) is 17.8 Å². The number of unbranched alkanes of at least 4 members (excludes halogenated alkanes) is 1. The first kappa shape index (κ1) is 13.1. The minimum absolute atomic E-state index is 0.970. The van der Waals surface area contributed by atoms with Crippen molar-refractivity contribution in [1.29, 1.82) is 0 Å². The van der Waals surface area contributed by atoms with Crippen LogP contribution >= 0.6 is 0 Å². The quantitative estimate of drug-likeness (QED) is 0.581. The van der Waals surface area contributed by atoms with Crippen molar-refractivity contribution in [3.63, 3.8) is 0 Å². The third-order valence-corrected chi connectivity index (χ3v) is 4.42. The van der Waals surface area contributed by atoms with E-state index in [0.717, 1.165) is 17.8 Å². The molecule has 0 bridgehead atoms. The normalized spacial score (nSPS) is 30.6. The second kappa shape index (κ2) is 7.30. The van der Waals surface area contributed by atoms with Gasteiger partial charge in [-0.05, 0) is 24.2 Å². The summed E-state index contributed by atoms with van der Waals surface area (Å²) >= 11 is 0. The fraction of sp³-hybridized carbons (Fsp3) is 1.00. The van der Waals surface area contributed by atoms with Crippen molar-refractivity contribution in [2.75, 3.05) is 0 Å². The van der Waals surface area contributed by atoms with E-state index in [-0.39, 0.29) is 0 Å². The van der Waals surface area contributed by atoms with E-state index in [1.54, 1.807) is 0 Å². The van der Waals surface area contributed by atoms with E-state index in [1.165, 1.54) is 57.8 Å². The smallest absolute Gasteiger partial charge is 0.0363 e. The van der Waals surface area contributed by atoms with Gasteiger partial charge in [-0.1, -0.05) is 72.1 Å². The zero-order chi connectivity index (χ0) is 11.1. The SMILES string of the molecule is CCCCC(C)C1CCCCCCC1C. The Bertz CT molecular complexity index is 150. The van der Waals surface area contributed by atoms with Crippen LogP contribution in [-0.2, 0) is 0 Å². The van der Waals surface area contributed by atoms with Gasteiger partial charge in [-0.3, -0.25) is 0 Å². The van der Waals surface area contributed by atoms with Gasteiger partial charge in [0.15, 0.2) is 0 Å². The van der Waals surface area contributed by atoms with E-state index in [0.29, 0.717) is 0 Å². The number of hydrogen-bond donors (Lipinski definition) is 0. The molecule has 0 aliphatic heterocycles. The van der Waals surface area contributed by atoms with Crippen molar-refractivity contribution in [3.8, 4) is 0 Å². The van der Waals surface area contributed by atoms with Gasteiger partial charge in [0.05, 0.1) is 0 Å². The van der Waals surface area contributed by atoms with E-state index in [9.17, 15) is 0 Å². The molecule has 0 spiro atoms. The zero-order valence-corrected chi connectivity index (χ0v) is 11.1. The summed E-state index contributed by atoms with van der Waals surface area (Å²) in [6.45, 7) is 7.31. The zero-order valence-electron chi connectivity index (χ0n) is 11.1. The standard InChI is InChI=1S/C15H30/c1-4-5-10-13(2)15-12-9-7-6-8-11-14(15)3/h13-15H,4-12H2,1-3H3. The molecule has 90 valence electrons. The largest absolute Gasteiger partial charge is 0.0654 e. The van der Waals surface area contributed by atoms with Crippen LogP contribution in [0.3, 0.4) is 0 Å². The maximum absolute atomic E-state index is 2.50. The van der Waals surface area contributed by atoms with E-state index in [4.69, 9.17) is 0 Å². The second-order valence-electron chi connectivity index (χ2n) is 5.75. The van der Waals surface area contributed by atoms with Crippen LogP contribution in [0.2, 0.25) is 0 Å². The molecule has 1 saturated carbocycles. The first-order chi connectivity index (χ1) is 7.25. The predicted molar refractivity (Wildman–Crippen MR) is 69.0 cm³/mol. The Morgan fingerprint density at radius 3 is 2.40 bits per heavy atom. The summed E-state index contributed by atoms with van der Waals surface area (Å²) in [5.74, 6) is 2.98. The molecule has 0 amide bonds. The molecule has 0 aromatic rings. The number of hydrogen-bond acceptors (Lipinski definition) is 0. The summed E-state index contributed by atoms with van der Waals surface area (Å²) in [5.41, 5.74) is 0. The van der Waals surface area contributed by atoms with Crippen LogP contribution < -0.4 is 0 Å².